The lowest BCUT2D eigenvalue weighted by Crippen LogP contribution is -2.32. The number of benzene rings is 1. The Morgan fingerprint density at radius 1 is 1.61 bits per heavy atom. The maximum atomic E-state index is 13.1. The van der Waals surface area contributed by atoms with Gasteiger partial charge in [0.15, 0.2) is 0 Å². The van der Waals surface area contributed by atoms with Gasteiger partial charge in [0, 0.05) is 6.54 Å². The lowest BCUT2D eigenvalue weighted by atomic mass is 9.91. The summed E-state index contributed by atoms with van der Waals surface area (Å²) in [5, 5.41) is 9.21. The van der Waals surface area contributed by atoms with Gasteiger partial charge in [0.1, 0.15) is 5.82 Å². The van der Waals surface area contributed by atoms with Gasteiger partial charge in [-0.05, 0) is 49.1 Å². The van der Waals surface area contributed by atoms with Crippen LogP contribution in [0, 0.1) is 18.7 Å². The summed E-state index contributed by atoms with van der Waals surface area (Å²) in [6.45, 7) is 2.72. The standard InChI is InChI=1S/C13H17FN2O2/c1-8-6-10(14)2-3-11(8)12-9(7-15)4-5-16(12)13(17)18/h2-3,6,9,12H,4-5,7,15H2,1H3,(H,17,18). The molecule has 1 heterocycles. The van der Waals surface area contributed by atoms with Crippen LogP contribution in [-0.4, -0.2) is 29.2 Å². The normalized spacial score (nSPS) is 23.4. The molecule has 1 saturated heterocycles. The number of amides is 1. The van der Waals surface area contributed by atoms with Gasteiger partial charge in [-0.15, -0.1) is 0 Å². The molecule has 18 heavy (non-hydrogen) atoms. The number of halogens is 1. The van der Waals surface area contributed by atoms with Crippen molar-refractivity contribution in [3.8, 4) is 0 Å². The molecule has 1 aliphatic heterocycles. The van der Waals surface area contributed by atoms with Gasteiger partial charge in [-0.3, -0.25) is 0 Å². The molecule has 1 fully saturated rings. The Kier molecular flexibility index (Phi) is 3.52. The minimum atomic E-state index is -0.945. The van der Waals surface area contributed by atoms with Crippen molar-refractivity contribution in [2.24, 2.45) is 11.7 Å². The summed E-state index contributed by atoms with van der Waals surface area (Å²) >= 11 is 0. The molecule has 1 aromatic carbocycles. The predicted molar refractivity (Wildman–Crippen MR) is 65.8 cm³/mol. The van der Waals surface area contributed by atoms with E-state index in [1.165, 1.54) is 17.0 Å². The molecule has 0 aliphatic carbocycles. The van der Waals surface area contributed by atoms with Crippen LogP contribution in [0.4, 0.5) is 9.18 Å². The Labute approximate surface area is 105 Å². The van der Waals surface area contributed by atoms with Gasteiger partial charge in [-0.1, -0.05) is 6.07 Å². The zero-order valence-corrected chi connectivity index (χ0v) is 10.3. The van der Waals surface area contributed by atoms with Gasteiger partial charge in [0.2, 0.25) is 0 Å². The largest absolute Gasteiger partial charge is 0.465 e. The third-order valence-electron chi connectivity index (χ3n) is 3.62. The second-order valence-electron chi connectivity index (χ2n) is 4.71. The smallest absolute Gasteiger partial charge is 0.407 e. The van der Waals surface area contributed by atoms with Crippen LogP contribution < -0.4 is 5.73 Å². The number of nitrogens with two attached hydrogens (primary N) is 1. The van der Waals surface area contributed by atoms with Crippen LogP contribution in [0.25, 0.3) is 0 Å². The van der Waals surface area contributed by atoms with Gasteiger partial charge in [-0.25, -0.2) is 9.18 Å². The summed E-state index contributed by atoms with van der Waals surface area (Å²) in [5.41, 5.74) is 7.33. The zero-order valence-electron chi connectivity index (χ0n) is 10.3. The molecular formula is C13H17FN2O2. The molecule has 4 nitrogen and oxygen atoms in total. The molecule has 98 valence electrons. The van der Waals surface area contributed by atoms with Crippen molar-refractivity contribution in [1.82, 2.24) is 4.90 Å². The quantitative estimate of drug-likeness (QED) is 0.847. The Hall–Kier alpha value is -1.62. The number of aryl methyl sites for hydroxylation is 1. The summed E-state index contributed by atoms with van der Waals surface area (Å²) in [5.74, 6) is -0.203. The van der Waals surface area contributed by atoms with E-state index in [1.807, 2.05) is 0 Å². The van der Waals surface area contributed by atoms with Gasteiger partial charge in [0.05, 0.1) is 6.04 Å². The van der Waals surface area contributed by atoms with Crippen LogP contribution in [0.1, 0.15) is 23.6 Å². The zero-order chi connectivity index (χ0) is 13.3. The Morgan fingerprint density at radius 2 is 2.33 bits per heavy atom. The van der Waals surface area contributed by atoms with Gasteiger partial charge in [0.25, 0.3) is 0 Å². The fraction of sp³-hybridized carbons (Fsp3) is 0.462. The highest BCUT2D eigenvalue weighted by atomic mass is 19.1. The molecule has 0 saturated carbocycles. The number of likely N-dealkylation sites (tertiary alicyclic amines) is 1. The maximum Gasteiger partial charge on any atom is 0.407 e. The van der Waals surface area contributed by atoms with E-state index in [2.05, 4.69) is 0 Å². The van der Waals surface area contributed by atoms with Crippen molar-refractivity contribution >= 4 is 6.09 Å². The minimum absolute atomic E-state index is 0.102. The Balaban J connectivity index is 2.40. The van der Waals surface area contributed by atoms with E-state index in [4.69, 9.17) is 5.73 Å². The first-order chi connectivity index (χ1) is 8.54. The molecule has 0 radical (unpaired) electrons. The van der Waals surface area contributed by atoms with Crippen molar-refractivity contribution in [2.45, 2.75) is 19.4 Å². The molecule has 0 bridgehead atoms. The van der Waals surface area contributed by atoms with Crippen molar-refractivity contribution in [1.29, 1.82) is 0 Å². The highest BCUT2D eigenvalue weighted by molar-refractivity contribution is 5.66. The molecule has 2 rings (SSSR count). The van der Waals surface area contributed by atoms with Crippen LogP contribution in [0.15, 0.2) is 18.2 Å². The number of nitrogens with zero attached hydrogens (tertiary/aromatic N) is 1. The molecule has 0 spiro atoms. The SMILES string of the molecule is Cc1cc(F)ccc1C1C(CN)CCN1C(=O)O. The number of rotatable bonds is 2. The molecule has 1 aliphatic rings. The van der Waals surface area contributed by atoms with Gasteiger partial charge >= 0.3 is 6.09 Å². The van der Waals surface area contributed by atoms with E-state index in [0.717, 1.165) is 17.5 Å². The number of hydrogen-bond acceptors (Lipinski definition) is 2. The predicted octanol–water partition coefficient (Wildman–Crippen LogP) is 2.13. The van der Waals surface area contributed by atoms with E-state index in [9.17, 15) is 14.3 Å². The molecule has 2 unspecified atom stereocenters. The highest BCUT2D eigenvalue weighted by Gasteiger charge is 2.37. The fourth-order valence-corrected chi connectivity index (χ4v) is 2.71. The Bertz CT molecular complexity index is 464. The van der Waals surface area contributed by atoms with E-state index in [1.54, 1.807) is 13.0 Å². The van der Waals surface area contributed by atoms with E-state index in [-0.39, 0.29) is 17.8 Å². The molecule has 0 aromatic heterocycles. The summed E-state index contributed by atoms with van der Waals surface area (Å²) in [7, 11) is 0. The van der Waals surface area contributed by atoms with Crippen LogP contribution in [0.2, 0.25) is 0 Å². The van der Waals surface area contributed by atoms with Crippen molar-refractivity contribution < 1.29 is 14.3 Å². The number of hydrogen-bond donors (Lipinski definition) is 2. The first-order valence-electron chi connectivity index (χ1n) is 6.00. The summed E-state index contributed by atoms with van der Waals surface area (Å²) in [6.07, 6.45) is -0.190. The molecular weight excluding hydrogens is 235 g/mol. The van der Waals surface area contributed by atoms with Crippen LogP contribution >= 0.6 is 0 Å². The fourth-order valence-electron chi connectivity index (χ4n) is 2.71. The third kappa shape index (κ3) is 2.18. The van der Waals surface area contributed by atoms with Crippen LogP contribution in [0.5, 0.6) is 0 Å². The van der Waals surface area contributed by atoms with Crippen LogP contribution in [-0.2, 0) is 0 Å². The van der Waals surface area contributed by atoms with E-state index in [0.29, 0.717) is 13.1 Å². The average molecular weight is 252 g/mol. The second kappa shape index (κ2) is 4.94. The van der Waals surface area contributed by atoms with Crippen molar-refractivity contribution in [2.75, 3.05) is 13.1 Å². The monoisotopic (exact) mass is 252 g/mol. The maximum absolute atomic E-state index is 13.1. The average Bonchev–Trinajstić information content (AvgIpc) is 2.72. The van der Waals surface area contributed by atoms with Gasteiger partial charge in [-0.2, -0.15) is 0 Å². The van der Waals surface area contributed by atoms with Crippen molar-refractivity contribution in [3.05, 3.63) is 35.1 Å². The lowest BCUT2D eigenvalue weighted by molar-refractivity contribution is 0.135. The molecule has 5 heteroatoms. The van der Waals surface area contributed by atoms with E-state index >= 15 is 0 Å². The second-order valence-corrected chi connectivity index (χ2v) is 4.71. The Morgan fingerprint density at radius 3 is 2.89 bits per heavy atom. The van der Waals surface area contributed by atoms with E-state index < -0.39 is 6.09 Å². The number of carbonyl (C=O) groups is 1. The number of carboxylic acid groups (broad SMARTS) is 1. The summed E-state index contributed by atoms with van der Waals surface area (Å²) in [4.78, 5) is 12.6. The lowest BCUT2D eigenvalue weighted by Gasteiger charge is -2.27. The molecule has 2 atom stereocenters. The minimum Gasteiger partial charge on any atom is -0.465 e. The summed E-state index contributed by atoms with van der Waals surface area (Å²) in [6, 6.07) is 4.21. The van der Waals surface area contributed by atoms with Crippen molar-refractivity contribution in [3.63, 3.8) is 0 Å². The topological polar surface area (TPSA) is 66.6 Å². The third-order valence-corrected chi connectivity index (χ3v) is 3.62. The molecule has 1 amide bonds. The molecule has 3 N–H and O–H groups in total. The van der Waals surface area contributed by atoms with Crippen LogP contribution in [0.3, 0.4) is 0 Å². The first-order valence-corrected chi connectivity index (χ1v) is 6.00. The first kappa shape index (κ1) is 12.8. The highest BCUT2D eigenvalue weighted by Crippen LogP contribution is 2.38. The molecule has 1 aromatic rings. The van der Waals surface area contributed by atoms with Gasteiger partial charge < -0.3 is 15.7 Å². The summed E-state index contributed by atoms with van der Waals surface area (Å²) < 4.78 is 13.1.